The van der Waals surface area contributed by atoms with Gasteiger partial charge in [0.15, 0.2) is 0 Å². The van der Waals surface area contributed by atoms with E-state index in [0.29, 0.717) is 18.0 Å². The van der Waals surface area contributed by atoms with Gasteiger partial charge in [-0.25, -0.2) is 0 Å². The number of carbonyl (C=O) groups is 2. The number of anilines is 1. The first-order valence-electron chi connectivity index (χ1n) is 8.49. The highest BCUT2D eigenvalue weighted by Gasteiger charge is 2.45. The van der Waals surface area contributed by atoms with Gasteiger partial charge in [-0.15, -0.1) is 0 Å². The molecule has 2 unspecified atom stereocenters. The summed E-state index contributed by atoms with van der Waals surface area (Å²) in [6, 6.07) is 7.19. The third-order valence-electron chi connectivity index (χ3n) is 5.55. The normalized spacial score (nSPS) is 29.9. The molecule has 3 aliphatic rings. The molecule has 0 radical (unpaired) electrons. The van der Waals surface area contributed by atoms with Gasteiger partial charge in [-0.2, -0.15) is 0 Å². The summed E-state index contributed by atoms with van der Waals surface area (Å²) in [7, 11) is 0. The van der Waals surface area contributed by atoms with E-state index in [1.54, 1.807) is 17.0 Å². The summed E-state index contributed by atoms with van der Waals surface area (Å²) in [4.78, 5) is 28.8. The number of ether oxygens (including phenoxy) is 1. The summed E-state index contributed by atoms with van der Waals surface area (Å²) < 4.78 is 5.53. The number of benzene rings is 1. The van der Waals surface area contributed by atoms with Gasteiger partial charge in [0.05, 0.1) is 12.5 Å². The van der Waals surface area contributed by atoms with E-state index in [1.807, 2.05) is 17.0 Å². The second-order valence-corrected chi connectivity index (χ2v) is 7.63. The Morgan fingerprint density at radius 2 is 2.04 bits per heavy atom. The molecule has 6 heteroatoms. The maximum Gasteiger partial charge on any atom is 0.228 e. The van der Waals surface area contributed by atoms with E-state index in [2.05, 4.69) is 0 Å². The molecule has 128 valence electrons. The third kappa shape index (κ3) is 2.80. The molecule has 24 heavy (non-hydrogen) atoms. The molecule has 0 N–H and O–H groups in total. The van der Waals surface area contributed by atoms with E-state index >= 15 is 0 Å². The van der Waals surface area contributed by atoms with Gasteiger partial charge in [-0.1, -0.05) is 11.6 Å². The minimum atomic E-state index is -0.245. The fourth-order valence-corrected chi connectivity index (χ4v) is 4.22. The average molecular weight is 349 g/mol. The van der Waals surface area contributed by atoms with Crippen molar-refractivity contribution in [2.24, 2.45) is 11.3 Å². The highest BCUT2D eigenvalue weighted by molar-refractivity contribution is 6.30. The summed E-state index contributed by atoms with van der Waals surface area (Å²) in [6.45, 7) is 3.58. The van der Waals surface area contributed by atoms with Crippen molar-refractivity contribution >= 4 is 29.1 Å². The minimum Gasteiger partial charge on any atom is -0.381 e. The molecule has 1 aromatic carbocycles. The van der Waals surface area contributed by atoms with Crippen LogP contribution in [0.2, 0.25) is 5.02 Å². The van der Waals surface area contributed by atoms with E-state index in [9.17, 15) is 9.59 Å². The van der Waals surface area contributed by atoms with Crippen LogP contribution in [0.3, 0.4) is 0 Å². The molecule has 0 aromatic heterocycles. The molecule has 3 fully saturated rings. The number of likely N-dealkylation sites (tertiary alicyclic amines) is 1. The molecule has 3 aliphatic heterocycles. The lowest BCUT2D eigenvalue weighted by Gasteiger charge is -2.24. The maximum absolute atomic E-state index is 12.8. The summed E-state index contributed by atoms with van der Waals surface area (Å²) in [5, 5.41) is 0.638. The molecule has 5 nitrogen and oxygen atoms in total. The molecule has 4 rings (SSSR count). The van der Waals surface area contributed by atoms with Crippen LogP contribution in [0.15, 0.2) is 24.3 Å². The first-order valence-corrected chi connectivity index (χ1v) is 8.87. The zero-order valence-electron chi connectivity index (χ0n) is 13.5. The van der Waals surface area contributed by atoms with Crippen molar-refractivity contribution in [1.29, 1.82) is 0 Å². The molecule has 0 saturated carbocycles. The summed E-state index contributed by atoms with van der Waals surface area (Å²) >= 11 is 5.90. The topological polar surface area (TPSA) is 49.9 Å². The molecule has 3 heterocycles. The minimum absolute atomic E-state index is 0.00813. The van der Waals surface area contributed by atoms with Crippen LogP contribution in [0, 0.1) is 11.3 Å². The van der Waals surface area contributed by atoms with Crippen LogP contribution < -0.4 is 4.90 Å². The van der Waals surface area contributed by atoms with Gasteiger partial charge in [0.1, 0.15) is 0 Å². The predicted octanol–water partition coefficient (Wildman–Crippen LogP) is 2.33. The predicted molar refractivity (Wildman–Crippen MR) is 91.0 cm³/mol. The molecule has 0 bridgehead atoms. The Kier molecular flexibility index (Phi) is 4.01. The number of nitrogens with zero attached hydrogens (tertiary/aromatic N) is 2. The van der Waals surface area contributed by atoms with Gasteiger partial charge >= 0.3 is 0 Å². The lowest BCUT2D eigenvalue weighted by atomic mass is 9.87. The van der Waals surface area contributed by atoms with Crippen LogP contribution in [-0.4, -0.2) is 49.6 Å². The Morgan fingerprint density at radius 3 is 2.75 bits per heavy atom. The standard InChI is InChI=1S/C18H21ClN2O3/c19-14-1-3-15(4-2-14)21-10-13(9-16(21)22)17(23)20-7-5-18(11-20)6-8-24-12-18/h1-4,13H,5-12H2. The highest BCUT2D eigenvalue weighted by Crippen LogP contribution is 2.39. The van der Waals surface area contributed by atoms with Crippen molar-refractivity contribution in [1.82, 2.24) is 4.90 Å². The van der Waals surface area contributed by atoms with Gasteiger partial charge < -0.3 is 14.5 Å². The van der Waals surface area contributed by atoms with Gasteiger partial charge in [-0.05, 0) is 37.1 Å². The molecular weight excluding hydrogens is 328 g/mol. The molecule has 1 spiro atoms. The van der Waals surface area contributed by atoms with Crippen molar-refractivity contribution < 1.29 is 14.3 Å². The van der Waals surface area contributed by atoms with Crippen molar-refractivity contribution in [3.05, 3.63) is 29.3 Å². The van der Waals surface area contributed by atoms with Crippen LogP contribution in [0.5, 0.6) is 0 Å². The van der Waals surface area contributed by atoms with E-state index in [1.165, 1.54) is 0 Å². The van der Waals surface area contributed by atoms with E-state index in [-0.39, 0.29) is 23.1 Å². The Hall–Kier alpha value is -1.59. The summed E-state index contributed by atoms with van der Waals surface area (Å²) in [6.07, 6.45) is 2.35. The smallest absolute Gasteiger partial charge is 0.228 e. The Balaban J connectivity index is 1.43. The SMILES string of the molecule is O=C(C1CC(=O)N(c2ccc(Cl)cc2)C1)N1CCC2(CCOC2)C1. The fraction of sp³-hybridized carbons (Fsp3) is 0.556. The summed E-state index contributed by atoms with van der Waals surface area (Å²) in [5.74, 6) is -0.122. The first kappa shape index (κ1) is 15.9. The molecule has 2 atom stereocenters. The number of hydrogen-bond acceptors (Lipinski definition) is 3. The third-order valence-corrected chi connectivity index (χ3v) is 5.80. The number of halogens is 1. The quantitative estimate of drug-likeness (QED) is 0.824. The van der Waals surface area contributed by atoms with E-state index < -0.39 is 0 Å². The zero-order valence-corrected chi connectivity index (χ0v) is 14.3. The van der Waals surface area contributed by atoms with Crippen LogP contribution in [0.1, 0.15) is 19.3 Å². The number of hydrogen-bond donors (Lipinski definition) is 0. The first-order chi connectivity index (χ1) is 11.6. The second-order valence-electron chi connectivity index (χ2n) is 7.19. The van der Waals surface area contributed by atoms with Crippen molar-refractivity contribution in [2.45, 2.75) is 19.3 Å². The van der Waals surface area contributed by atoms with Crippen LogP contribution in [0.4, 0.5) is 5.69 Å². The van der Waals surface area contributed by atoms with Crippen LogP contribution >= 0.6 is 11.6 Å². The fourth-order valence-electron chi connectivity index (χ4n) is 4.10. The van der Waals surface area contributed by atoms with Gasteiger partial charge in [0.25, 0.3) is 0 Å². The monoisotopic (exact) mass is 348 g/mol. The Labute approximate surface area is 146 Å². The molecule has 2 amide bonds. The van der Waals surface area contributed by atoms with E-state index in [0.717, 1.165) is 44.8 Å². The number of amides is 2. The highest BCUT2D eigenvalue weighted by atomic mass is 35.5. The van der Waals surface area contributed by atoms with Gasteiger partial charge in [0.2, 0.25) is 11.8 Å². The van der Waals surface area contributed by atoms with Crippen molar-refractivity contribution in [3.8, 4) is 0 Å². The van der Waals surface area contributed by atoms with Crippen LogP contribution in [-0.2, 0) is 14.3 Å². The lowest BCUT2D eigenvalue weighted by molar-refractivity contribution is -0.135. The van der Waals surface area contributed by atoms with Gasteiger partial charge in [-0.3, -0.25) is 9.59 Å². The van der Waals surface area contributed by atoms with Crippen LogP contribution in [0.25, 0.3) is 0 Å². The Bertz CT molecular complexity index is 655. The van der Waals surface area contributed by atoms with Crippen molar-refractivity contribution in [2.75, 3.05) is 37.7 Å². The zero-order chi connectivity index (χ0) is 16.7. The number of carbonyl (C=O) groups excluding carboxylic acids is 2. The maximum atomic E-state index is 12.8. The van der Waals surface area contributed by atoms with Crippen molar-refractivity contribution in [3.63, 3.8) is 0 Å². The molecular formula is C18H21ClN2O3. The number of rotatable bonds is 2. The molecule has 0 aliphatic carbocycles. The van der Waals surface area contributed by atoms with Gasteiger partial charge in [0, 0.05) is 48.8 Å². The summed E-state index contributed by atoms with van der Waals surface area (Å²) in [5.41, 5.74) is 0.968. The molecule has 3 saturated heterocycles. The van der Waals surface area contributed by atoms with E-state index in [4.69, 9.17) is 16.3 Å². The Morgan fingerprint density at radius 1 is 1.25 bits per heavy atom. The second kappa shape index (κ2) is 6.05. The molecule has 1 aromatic rings. The lowest BCUT2D eigenvalue weighted by Crippen LogP contribution is -2.37. The average Bonchev–Trinajstić information content (AvgIpc) is 3.30. The largest absolute Gasteiger partial charge is 0.381 e.